The van der Waals surface area contributed by atoms with E-state index in [0.29, 0.717) is 5.69 Å². The molecule has 1 aromatic heterocycles. The Kier molecular flexibility index (Phi) is 2.78. The number of hydrogen-bond acceptors (Lipinski definition) is 3. The van der Waals surface area contributed by atoms with Crippen LogP contribution in [0.25, 0.3) is 0 Å². The Hall–Kier alpha value is -1.99. The molecule has 0 saturated carbocycles. The topological polar surface area (TPSA) is 88.6 Å². The predicted octanol–water partition coefficient (Wildman–Crippen LogP) is 1.14. The van der Waals surface area contributed by atoms with Crippen LogP contribution >= 0.6 is 0 Å². The molecule has 6 nitrogen and oxygen atoms in total. The van der Waals surface area contributed by atoms with Gasteiger partial charge in [-0.2, -0.15) is 12.8 Å². The van der Waals surface area contributed by atoms with Crippen LogP contribution in [0.4, 0.5) is 11.4 Å². The van der Waals surface area contributed by atoms with Crippen LogP contribution in [0.15, 0.2) is 48.8 Å². The molecule has 0 unspecified atom stereocenters. The summed E-state index contributed by atoms with van der Waals surface area (Å²) >= 11 is 0. The fraction of sp³-hybridized carbons (Fsp3) is 0. The molecule has 0 amide bonds. The average Bonchev–Trinajstić information content (AvgIpc) is 2.69. The lowest BCUT2D eigenvalue weighted by atomic mass is 10.3. The van der Waals surface area contributed by atoms with Gasteiger partial charge >= 0.3 is 10.3 Å². The van der Waals surface area contributed by atoms with Gasteiger partial charge in [-0.15, -0.1) is 0 Å². The Morgan fingerprint density at radius 2 is 1.82 bits per heavy atom. The molecule has 17 heavy (non-hydrogen) atoms. The second-order valence-electron chi connectivity index (χ2n) is 3.38. The predicted molar refractivity (Wildman–Crippen MR) is 64.7 cm³/mol. The molecule has 2 rings (SSSR count). The van der Waals surface area contributed by atoms with E-state index in [9.17, 15) is 13.0 Å². The Bertz CT molecular complexity index is 607. The van der Waals surface area contributed by atoms with E-state index >= 15 is 0 Å². The number of nitrogens with two attached hydrogens (primary N) is 1. The summed E-state index contributed by atoms with van der Waals surface area (Å²) in [5, 5.41) is 0. The van der Waals surface area contributed by atoms with Crippen molar-refractivity contribution in [2.24, 2.45) is 0 Å². The highest BCUT2D eigenvalue weighted by Crippen LogP contribution is 2.20. The smallest absolute Gasteiger partial charge is 0.378 e. The zero-order chi connectivity index (χ0) is 12.5. The van der Waals surface area contributed by atoms with Crippen LogP contribution in [0, 0.1) is 0 Å². The molecule has 0 aliphatic heterocycles. The molecule has 0 spiro atoms. The van der Waals surface area contributed by atoms with Crippen molar-refractivity contribution in [3.63, 3.8) is 0 Å². The maximum atomic E-state index is 11.4. The van der Waals surface area contributed by atoms with Crippen molar-refractivity contribution in [3.8, 4) is 0 Å². The van der Waals surface area contributed by atoms with E-state index < -0.39 is 10.3 Å². The molecule has 0 aliphatic rings. The summed E-state index contributed by atoms with van der Waals surface area (Å²) < 4.78 is 33.9. The summed E-state index contributed by atoms with van der Waals surface area (Å²) in [5.74, 6) is 0. The summed E-state index contributed by atoms with van der Waals surface area (Å²) in [4.78, 5) is 0. The Labute approximate surface area is 98.7 Å². The van der Waals surface area contributed by atoms with Crippen LogP contribution in [0.1, 0.15) is 0 Å². The molecular formula is C10H11N3O3S. The normalized spacial score (nSPS) is 11.4. The van der Waals surface area contributed by atoms with Crippen LogP contribution in [-0.4, -0.2) is 17.6 Å². The molecule has 0 radical (unpaired) electrons. The van der Waals surface area contributed by atoms with Gasteiger partial charge in [-0.05, 0) is 30.3 Å². The standard InChI is InChI=1S/C10H11N3O3S/c11-9-4-3-5-10(8-9)13(17(14,15)16)12-6-1-2-7-12/h1-8H,11H2,(H,14,15,16). The van der Waals surface area contributed by atoms with Crippen molar-refractivity contribution in [1.29, 1.82) is 0 Å². The SMILES string of the molecule is Nc1cccc(N(n2cccc2)S(=O)(=O)O)c1. The van der Waals surface area contributed by atoms with Crippen molar-refractivity contribution in [1.82, 2.24) is 4.68 Å². The van der Waals surface area contributed by atoms with Crippen LogP contribution in [-0.2, 0) is 10.3 Å². The summed E-state index contributed by atoms with van der Waals surface area (Å²) in [5.41, 5.74) is 6.24. The van der Waals surface area contributed by atoms with Gasteiger partial charge in [0.1, 0.15) is 0 Å². The van der Waals surface area contributed by atoms with E-state index in [2.05, 4.69) is 0 Å². The molecule has 7 heteroatoms. The largest absolute Gasteiger partial charge is 0.399 e. The van der Waals surface area contributed by atoms with Crippen molar-refractivity contribution in [2.45, 2.75) is 0 Å². The molecule has 0 fully saturated rings. The van der Waals surface area contributed by atoms with Crippen molar-refractivity contribution >= 4 is 21.7 Å². The van der Waals surface area contributed by atoms with Crippen LogP contribution in [0.5, 0.6) is 0 Å². The number of benzene rings is 1. The van der Waals surface area contributed by atoms with Gasteiger partial charge in [-0.1, -0.05) is 6.07 Å². The first kappa shape index (κ1) is 11.5. The molecule has 1 aromatic carbocycles. The lowest BCUT2D eigenvalue weighted by molar-refractivity contribution is 0.472. The van der Waals surface area contributed by atoms with E-state index in [1.165, 1.54) is 29.2 Å². The van der Waals surface area contributed by atoms with E-state index in [1.807, 2.05) is 0 Å². The number of aromatic nitrogens is 1. The minimum atomic E-state index is -4.42. The van der Waals surface area contributed by atoms with E-state index in [1.54, 1.807) is 24.3 Å². The first-order valence-electron chi connectivity index (χ1n) is 4.75. The van der Waals surface area contributed by atoms with Gasteiger partial charge in [0.25, 0.3) is 0 Å². The first-order chi connectivity index (χ1) is 7.98. The monoisotopic (exact) mass is 253 g/mol. The average molecular weight is 253 g/mol. The highest BCUT2D eigenvalue weighted by Gasteiger charge is 2.21. The van der Waals surface area contributed by atoms with Gasteiger partial charge in [-0.3, -0.25) is 9.23 Å². The molecule has 0 bridgehead atoms. The van der Waals surface area contributed by atoms with Gasteiger partial charge in [0.2, 0.25) is 0 Å². The van der Waals surface area contributed by atoms with Gasteiger partial charge in [-0.25, -0.2) is 0 Å². The van der Waals surface area contributed by atoms with Crippen molar-refractivity contribution < 1.29 is 13.0 Å². The Morgan fingerprint density at radius 1 is 1.18 bits per heavy atom. The molecule has 90 valence electrons. The third-order valence-corrected chi connectivity index (χ3v) is 2.94. The maximum absolute atomic E-state index is 11.4. The summed E-state index contributed by atoms with van der Waals surface area (Å²) in [6.45, 7) is 0. The molecule has 2 aromatic rings. The number of nitrogens with zero attached hydrogens (tertiary/aromatic N) is 2. The molecular weight excluding hydrogens is 242 g/mol. The lowest BCUT2D eigenvalue weighted by Crippen LogP contribution is -2.34. The van der Waals surface area contributed by atoms with Crippen molar-refractivity contribution in [3.05, 3.63) is 48.8 Å². The first-order valence-corrected chi connectivity index (χ1v) is 6.15. The Morgan fingerprint density at radius 3 is 2.35 bits per heavy atom. The minimum absolute atomic E-state index is 0.253. The minimum Gasteiger partial charge on any atom is -0.399 e. The summed E-state index contributed by atoms with van der Waals surface area (Å²) in [6.07, 6.45) is 2.99. The molecule has 0 atom stereocenters. The highest BCUT2D eigenvalue weighted by molar-refractivity contribution is 7.87. The highest BCUT2D eigenvalue weighted by atomic mass is 32.2. The third kappa shape index (κ3) is 2.40. The Balaban J connectivity index is 2.57. The second kappa shape index (κ2) is 4.11. The molecule has 1 heterocycles. The number of rotatable bonds is 3. The van der Waals surface area contributed by atoms with E-state index in [0.717, 1.165) is 4.41 Å². The molecule has 0 aliphatic carbocycles. The lowest BCUT2D eigenvalue weighted by Gasteiger charge is -2.21. The van der Waals surface area contributed by atoms with Crippen LogP contribution in [0.2, 0.25) is 0 Å². The summed E-state index contributed by atoms with van der Waals surface area (Å²) in [6, 6.07) is 9.50. The van der Waals surface area contributed by atoms with Crippen molar-refractivity contribution in [2.75, 3.05) is 10.1 Å². The fourth-order valence-electron chi connectivity index (χ4n) is 1.48. The molecule has 0 saturated heterocycles. The fourth-order valence-corrected chi connectivity index (χ4v) is 2.20. The number of anilines is 2. The van der Waals surface area contributed by atoms with E-state index in [4.69, 9.17) is 5.73 Å². The van der Waals surface area contributed by atoms with Crippen LogP contribution in [0.3, 0.4) is 0 Å². The zero-order valence-electron chi connectivity index (χ0n) is 8.76. The molecule has 3 N–H and O–H groups in total. The van der Waals surface area contributed by atoms with Gasteiger partial charge in [0, 0.05) is 18.1 Å². The quantitative estimate of drug-likeness (QED) is 0.634. The van der Waals surface area contributed by atoms with Crippen LogP contribution < -0.4 is 10.1 Å². The summed E-state index contributed by atoms with van der Waals surface area (Å²) in [7, 11) is -4.42. The van der Waals surface area contributed by atoms with Gasteiger partial charge in [0.15, 0.2) is 0 Å². The number of nitrogen functional groups attached to an aromatic ring is 1. The maximum Gasteiger partial charge on any atom is 0.378 e. The third-order valence-electron chi connectivity index (χ3n) is 2.11. The van der Waals surface area contributed by atoms with E-state index in [-0.39, 0.29) is 5.69 Å². The van der Waals surface area contributed by atoms with Gasteiger partial charge < -0.3 is 5.73 Å². The second-order valence-corrected chi connectivity index (χ2v) is 4.62. The number of hydrogen-bond donors (Lipinski definition) is 2. The van der Waals surface area contributed by atoms with Gasteiger partial charge in [0.05, 0.1) is 5.69 Å². The zero-order valence-corrected chi connectivity index (χ0v) is 9.58.